The molecule has 2 aromatic rings. The van der Waals surface area contributed by atoms with Crippen LogP contribution in [0.4, 0.5) is 0 Å². The van der Waals surface area contributed by atoms with Gasteiger partial charge in [-0.2, -0.15) is 0 Å². The van der Waals surface area contributed by atoms with Crippen molar-refractivity contribution in [2.75, 3.05) is 14.2 Å². The third-order valence-electron chi connectivity index (χ3n) is 3.00. The highest BCUT2D eigenvalue weighted by atomic mass is 16.5. The summed E-state index contributed by atoms with van der Waals surface area (Å²) in [6.07, 6.45) is 0. The summed E-state index contributed by atoms with van der Waals surface area (Å²) in [5.41, 5.74) is 2.76. The second kappa shape index (κ2) is 5.74. The number of hydrogen-bond acceptors (Lipinski definition) is 4. The Balaban J connectivity index is 2.47. The Morgan fingerprint density at radius 3 is 2.20 bits per heavy atom. The largest absolute Gasteiger partial charge is 0.497 e. The Bertz CT molecular complexity index is 630. The van der Waals surface area contributed by atoms with E-state index in [0.29, 0.717) is 22.6 Å². The van der Waals surface area contributed by atoms with Crippen molar-refractivity contribution in [1.82, 2.24) is 4.98 Å². The van der Waals surface area contributed by atoms with E-state index < -0.39 is 0 Å². The number of nitrogens with zero attached hydrogens (tertiary/aromatic N) is 1. The first-order valence-electron chi connectivity index (χ1n) is 6.27. The van der Waals surface area contributed by atoms with Crippen LogP contribution in [0.5, 0.6) is 11.5 Å². The zero-order chi connectivity index (χ0) is 14.7. The SMILES string of the molecule is COc1ccc(C(=O)c2cc(C)nc(C)c2)c(OC)c1. The van der Waals surface area contributed by atoms with E-state index in [1.165, 1.54) is 7.11 Å². The first kappa shape index (κ1) is 14.1. The van der Waals surface area contributed by atoms with Crippen LogP contribution in [0.3, 0.4) is 0 Å². The van der Waals surface area contributed by atoms with E-state index in [1.807, 2.05) is 13.8 Å². The molecule has 0 fully saturated rings. The highest BCUT2D eigenvalue weighted by Crippen LogP contribution is 2.27. The molecule has 0 aliphatic rings. The Labute approximate surface area is 118 Å². The van der Waals surface area contributed by atoms with Crippen LogP contribution in [-0.2, 0) is 0 Å². The Hall–Kier alpha value is -2.36. The van der Waals surface area contributed by atoms with Crippen molar-refractivity contribution in [3.63, 3.8) is 0 Å². The summed E-state index contributed by atoms with van der Waals surface area (Å²) in [7, 11) is 3.11. The summed E-state index contributed by atoms with van der Waals surface area (Å²) < 4.78 is 10.4. The number of benzene rings is 1. The standard InChI is InChI=1S/C16H17NO3/c1-10-7-12(8-11(2)17-10)16(18)14-6-5-13(19-3)9-15(14)20-4/h5-9H,1-4H3. The minimum Gasteiger partial charge on any atom is -0.497 e. The van der Waals surface area contributed by atoms with Crippen molar-refractivity contribution in [2.24, 2.45) is 0 Å². The van der Waals surface area contributed by atoms with E-state index in [0.717, 1.165) is 11.4 Å². The number of ketones is 1. The molecule has 0 saturated carbocycles. The minimum absolute atomic E-state index is 0.0851. The summed E-state index contributed by atoms with van der Waals surface area (Å²) in [6.45, 7) is 3.74. The summed E-state index contributed by atoms with van der Waals surface area (Å²) in [6, 6.07) is 8.72. The van der Waals surface area contributed by atoms with Gasteiger partial charge in [0.05, 0.1) is 19.8 Å². The molecule has 1 aromatic heterocycles. The van der Waals surface area contributed by atoms with Crippen molar-refractivity contribution in [3.05, 3.63) is 52.8 Å². The Kier molecular flexibility index (Phi) is 4.03. The number of carbonyl (C=O) groups excluding carboxylic acids is 1. The van der Waals surface area contributed by atoms with Crippen LogP contribution in [-0.4, -0.2) is 25.0 Å². The lowest BCUT2D eigenvalue weighted by atomic mass is 10.0. The third kappa shape index (κ3) is 2.79. The second-order valence-electron chi connectivity index (χ2n) is 4.53. The van der Waals surface area contributed by atoms with Gasteiger partial charge < -0.3 is 9.47 Å². The second-order valence-corrected chi connectivity index (χ2v) is 4.53. The summed E-state index contributed by atoms with van der Waals surface area (Å²) in [5.74, 6) is 1.07. The predicted molar refractivity (Wildman–Crippen MR) is 76.7 cm³/mol. The maximum atomic E-state index is 12.6. The molecule has 0 bridgehead atoms. The molecule has 0 aliphatic heterocycles. The lowest BCUT2D eigenvalue weighted by Crippen LogP contribution is -2.06. The number of aromatic nitrogens is 1. The molecule has 0 aliphatic carbocycles. The quantitative estimate of drug-likeness (QED) is 0.802. The monoisotopic (exact) mass is 271 g/mol. The molecule has 0 saturated heterocycles. The molecular formula is C16H17NO3. The number of rotatable bonds is 4. The number of hydrogen-bond donors (Lipinski definition) is 0. The molecule has 0 radical (unpaired) electrons. The average molecular weight is 271 g/mol. The highest BCUT2D eigenvalue weighted by molar-refractivity contribution is 6.10. The van der Waals surface area contributed by atoms with Crippen LogP contribution in [0.1, 0.15) is 27.3 Å². The first-order chi connectivity index (χ1) is 9.55. The van der Waals surface area contributed by atoms with Crippen LogP contribution < -0.4 is 9.47 Å². The fourth-order valence-electron chi connectivity index (χ4n) is 2.11. The molecule has 0 amide bonds. The van der Waals surface area contributed by atoms with Gasteiger partial charge >= 0.3 is 0 Å². The number of ether oxygens (including phenoxy) is 2. The summed E-state index contributed by atoms with van der Waals surface area (Å²) in [4.78, 5) is 16.9. The smallest absolute Gasteiger partial charge is 0.196 e. The van der Waals surface area contributed by atoms with Crippen LogP contribution >= 0.6 is 0 Å². The maximum Gasteiger partial charge on any atom is 0.196 e. The van der Waals surface area contributed by atoms with Crippen molar-refractivity contribution >= 4 is 5.78 Å². The molecular weight excluding hydrogens is 254 g/mol. The van der Waals surface area contributed by atoms with Crippen molar-refractivity contribution < 1.29 is 14.3 Å². The van der Waals surface area contributed by atoms with Gasteiger partial charge in [-0.25, -0.2) is 0 Å². The van der Waals surface area contributed by atoms with Crippen LogP contribution in [0.25, 0.3) is 0 Å². The van der Waals surface area contributed by atoms with E-state index in [-0.39, 0.29) is 5.78 Å². The molecule has 104 valence electrons. The summed E-state index contributed by atoms with van der Waals surface area (Å²) >= 11 is 0. The number of aryl methyl sites for hydroxylation is 2. The molecule has 2 rings (SSSR count). The Morgan fingerprint density at radius 2 is 1.65 bits per heavy atom. The molecule has 4 nitrogen and oxygen atoms in total. The Morgan fingerprint density at radius 1 is 1.00 bits per heavy atom. The molecule has 0 N–H and O–H groups in total. The molecule has 1 heterocycles. The maximum absolute atomic E-state index is 12.6. The minimum atomic E-state index is -0.0851. The fraction of sp³-hybridized carbons (Fsp3) is 0.250. The van der Waals surface area contributed by atoms with E-state index in [2.05, 4.69) is 4.98 Å². The van der Waals surface area contributed by atoms with Gasteiger partial charge in [-0.1, -0.05) is 0 Å². The van der Waals surface area contributed by atoms with E-state index >= 15 is 0 Å². The highest BCUT2D eigenvalue weighted by Gasteiger charge is 2.16. The zero-order valence-corrected chi connectivity index (χ0v) is 12.1. The van der Waals surface area contributed by atoms with E-state index in [9.17, 15) is 4.79 Å². The van der Waals surface area contributed by atoms with Gasteiger partial charge in [0, 0.05) is 23.0 Å². The van der Waals surface area contributed by atoms with Crippen LogP contribution in [0, 0.1) is 13.8 Å². The van der Waals surface area contributed by atoms with Gasteiger partial charge in [-0.05, 0) is 38.1 Å². The van der Waals surface area contributed by atoms with Gasteiger partial charge in [0.25, 0.3) is 0 Å². The zero-order valence-electron chi connectivity index (χ0n) is 12.1. The predicted octanol–water partition coefficient (Wildman–Crippen LogP) is 2.95. The van der Waals surface area contributed by atoms with E-state index in [4.69, 9.17) is 9.47 Å². The lowest BCUT2D eigenvalue weighted by Gasteiger charge is -2.10. The van der Waals surface area contributed by atoms with Crippen LogP contribution in [0.15, 0.2) is 30.3 Å². The van der Waals surface area contributed by atoms with Crippen molar-refractivity contribution in [1.29, 1.82) is 0 Å². The molecule has 20 heavy (non-hydrogen) atoms. The molecule has 1 aromatic carbocycles. The molecule has 4 heteroatoms. The normalized spacial score (nSPS) is 10.2. The van der Waals surface area contributed by atoms with Gasteiger partial charge in [0.1, 0.15) is 11.5 Å². The van der Waals surface area contributed by atoms with Crippen molar-refractivity contribution in [3.8, 4) is 11.5 Å². The number of pyridine rings is 1. The number of carbonyl (C=O) groups is 1. The molecule has 0 atom stereocenters. The first-order valence-corrected chi connectivity index (χ1v) is 6.27. The van der Waals surface area contributed by atoms with Crippen molar-refractivity contribution in [2.45, 2.75) is 13.8 Å². The van der Waals surface area contributed by atoms with Gasteiger partial charge in [-0.3, -0.25) is 9.78 Å². The lowest BCUT2D eigenvalue weighted by molar-refractivity contribution is 0.103. The number of methoxy groups -OCH3 is 2. The molecule has 0 unspecified atom stereocenters. The summed E-state index contributed by atoms with van der Waals surface area (Å²) in [5, 5.41) is 0. The fourth-order valence-corrected chi connectivity index (χ4v) is 2.11. The average Bonchev–Trinajstić information content (AvgIpc) is 2.44. The van der Waals surface area contributed by atoms with E-state index in [1.54, 1.807) is 37.4 Å². The van der Waals surface area contributed by atoms with Gasteiger partial charge in [-0.15, -0.1) is 0 Å². The van der Waals surface area contributed by atoms with Gasteiger partial charge in [0.15, 0.2) is 5.78 Å². The topological polar surface area (TPSA) is 48.4 Å². The van der Waals surface area contributed by atoms with Gasteiger partial charge in [0.2, 0.25) is 0 Å². The third-order valence-corrected chi connectivity index (χ3v) is 3.00. The molecule has 0 spiro atoms. The van der Waals surface area contributed by atoms with Crippen LogP contribution in [0.2, 0.25) is 0 Å².